The van der Waals surface area contributed by atoms with Gasteiger partial charge < -0.3 is 10.2 Å². The fourth-order valence-electron chi connectivity index (χ4n) is 1.01. The average Bonchev–Trinajstić information content (AvgIpc) is 1.89. The molecule has 1 amide bonds. The van der Waals surface area contributed by atoms with Gasteiger partial charge in [-0.2, -0.15) is 0 Å². The zero-order valence-electron chi connectivity index (χ0n) is 6.45. The Labute approximate surface area is 79.3 Å². The van der Waals surface area contributed by atoms with Crippen LogP contribution in [-0.4, -0.2) is 37.0 Å². The molecule has 0 aromatic rings. The molecule has 1 heterocycles. The predicted molar refractivity (Wildman–Crippen MR) is 49.6 cm³/mol. The van der Waals surface area contributed by atoms with Crippen molar-refractivity contribution in [2.45, 2.75) is 13.0 Å². The number of piperazine rings is 1. The molecule has 0 radical (unpaired) electrons. The van der Waals surface area contributed by atoms with E-state index in [2.05, 4.69) is 5.32 Å². The second-order valence-corrected chi connectivity index (χ2v) is 2.40. The maximum absolute atomic E-state index is 10.3. The van der Waals surface area contributed by atoms with Gasteiger partial charge in [-0.15, -0.1) is 24.8 Å². The van der Waals surface area contributed by atoms with Gasteiger partial charge in [0.25, 0.3) is 0 Å². The van der Waals surface area contributed by atoms with Crippen molar-refractivity contribution in [3.05, 3.63) is 0 Å². The molecule has 0 aliphatic carbocycles. The summed E-state index contributed by atoms with van der Waals surface area (Å²) in [7, 11) is 0. The van der Waals surface area contributed by atoms with Crippen LogP contribution in [0.2, 0.25) is 0 Å². The summed E-state index contributed by atoms with van der Waals surface area (Å²) in [5.74, 6) is 0. The molecular formula is C6H14Cl2N2O. The number of rotatable bonds is 1. The van der Waals surface area contributed by atoms with Crippen LogP contribution in [0.15, 0.2) is 0 Å². The second-order valence-electron chi connectivity index (χ2n) is 2.40. The van der Waals surface area contributed by atoms with E-state index in [1.807, 2.05) is 11.8 Å². The summed E-state index contributed by atoms with van der Waals surface area (Å²) in [4.78, 5) is 12.1. The lowest BCUT2D eigenvalue weighted by Gasteiger charge is -2.30. The lowest BCUT2D eigenvalue weighted by atomic mass is 10.2. The van der Waals surface area contributed by atoms with Crippen molar-refractivity contribution in [1.82, 2.24) is 10.2 Å². The summed E-state index contributed by atoms with van der Waals surface area (Å²) in [6.45, 7) is 4.76. The minimum absolute atomic E-state index is 0. The number of nitrogens with zero attached hydrogens (tertiary/aromatic N) is 1. The van der Waals surface area contributed by atoms with E-state index < -0.39 is 0 Å². The highest BCUT2D eigenvalue weighted by molar-refractivity contribution is 5.85. The molecule has 11 heavy (non-hydrogen) atoms. The molecule has 0 spiro atoms. The number of nitrogens with one attached hydrogen (secondary N) is 1. The van der Waals surface area contributed by atoms with Crippen molar-refractivity contribution < 1.29 is 4.79 Å². The van der Waals surface area contributed by atoms with E-state index in [0.717, 1.165) is 26.0 Å². The number of amides is 1. The summed E-state index contributed by atoms with van der Waals surface area (Å²) >= 11 is 0. The summed E-state index contributed by atoms with van der Waals surface area (Å²) in [5, 5.41) is 3.20. The van der Waals surface area contributed by atoms with Crippen LogP contribution in [0.1, 0.15) is 6.92 Å². The first-order valence-corrected chi connectivity index (χ1v) is 3.26. The largest absolute Gasteiger partial charge is 0.340 e. The fourth-order valence-corrected chi connectivity index (χ4v) is 1.01. The Morgan fingerprint density at radius 2 is 2.18 bits per heavy atom. The topological polar surface area (TPSA) is 32.3 Å². The van der Waals surface area contributed by atoms with Crippen LogP contribution in [0.4, 0.5) is 0 Å². The molecular weight excluding hydrogens is 187 g/mol. The lowest BCUT2D eigenvalue weighted by molar-refractivity contribution is -0.120. The van der Waals surface area contributed by atoms with Gasteiger partial charge in [-0.05, 0) is 6.92 Å². The standard InChI is InChI=1S/C6H12N2O.2ClH/c1-6-4-7-2-3-8(6)5-9;;/h5-7H,2-4H2,1H3;2*1H/t6-;;/m0../s1. The van der Waals surface area contributed by atoms with E-state index >= 15 is 0 Å². The summed E-state index contributed by atoms with van der Waals surface area (Å²) in [6.07, 6.45) is 0.922. The van der Waals surface area contributed by atoms with E-state index in [1.54, 1.807) is 0 Å². The highest BCUT2D eigenvalue weighted by atomic mass is 35.5. The van der Waals surface area contributed by atoms with E-state index in [-0.39, 0.29) is 24.8 Å². The van der Waals surface area contributed by atoms with Gasteiger partial charge in [-0.3, -0.25) is 4.79 Å². The molecule has 0 bridgehead atoms. The number of carbonyl (C=O) groups excluding carboxylic acids is 1. The minimum Gasteiger partial charge on any atom is -0.340 e. The SMILES string of the molecule is C[C@H]1CNCCN1C=O.Cl.Cl. The van der Waals surface area contributed by atoms with E-state index in [1.165, 1.54) is 0 Å². The molecule has 5 heteroatoms. The molecule has 0 aromatic carbocycles. The maximum Gasteiger partial charge on any atom is 0.210 e. The van der Waals surface area contributed by atoms with Crippen LogP contribution in [-0.2, 0) is 4.79 Å². The maximum atomic E-state index is 10.3. The van der Waals surface area contributed by atoms with Crippen molar-refractivity contribution in [3.63, 3.8) is 0 Å². The molecule has 1 aliphatic heterocycles. The van der Waals surface area contributed by atoms with Crippen molar-refractivity contribution in [2.75, 3.05) is 19.6 Å². The Balaban J connectivity index is 0. The molecule has 0 saturated carbocycles. The monoisotopic (exact) mass is 200 g/mol. The Morgan fingerprint density at radius 3 is 2.55 bits per heavy atom. The molecule has 0 unspecified atom stereocenters. The number of hydrogen-bond donors (Lipinski definition) is 1. The summed E-state index contributed by atoms with van der Waals surface area (Å²) in [5.41, 5.74) is 0. The highest BCUT2D eigenvalue weighted by Crippen LogP contribution is 1.96. The van der Waals surface area contributed by atoms with Crippen LogP contribution < -0.4 is 5.32 Å². The molecule has 1 N–H and O–H groups in total. The third-order valence-electron chi connectivity index (χ3n) is 1.69. The van der Waals surface area contributed by atoms with Crippen molar-refractivity contribution in [1.29, 1.82) is 0 Å². The minimum atomic E-state index is 0. The van der Waals surface area contributed by atoms with Gasteiger partial charge in [0.2, 0.25) is 6.41 Å². The molecule has 68 valence electrons. The summed E-state index contributed by atoms with van der Waals surface area (Å²) < 4.78 is 0. The number of halogens is 2. The van der Waals surface area contributed by atoms with Crippen molar-refractivity contribution in [3.8, 4) is 0 Å². The van der Waals surface area contributed by atoms with Crippen LogP contribution >= 0.6 is 24.8 Å². The van der Waals surface area contributed by atoms with E-state index in [9.17, 15) is 4.79 Å². The van der Waals surface area contributed by atoms with Gasteiger partial charge in [0.1, 0.15) is 0 Å². The zero-order valence-corrected chi connectivity index (χ0v) is 8.08. The molecule has 3 nitrogen and oxygen atoms in total. The number of hydrogen-bond acceptors (Lipinski definition) is 2. The summed E-state index contributed by atoms with van der Waals surface area (Å²) in [6, 6.07) is 0.372. The third-order valence-corrected chi connectivity index (χ3v) is 1.69. The zero-order chi connectivity index (χ0) is 6.69. The molecule has 1 saturated heterocycles. The predicted octanol–water partition coefficient (Wildman–Crippen LogP) is 0.280. The number of carbonyl (C=O) groups is 1. The second kappa shape index (κ2) is 6.70. The Bertz CT molecular complexity index is 113. The van der Waals surface area contributed by atoms with Gasteiger partial charge in [-0.25, -0.2) is 0 Å². The highest BCUT2D eigenvalue weighted by Gasteiger charge is 2.14. The van der Waals surface area contributed by atoms with Gasteiger partial charge in [0, 0.05) is 25.7 Å². The third kappa shape index (κ3) is 3.79. The molecule has 1 atom stereocenters. The molecule has 0 aromatic heterocycles. The first-order chi connectivity index (χ1) is 4.34. The quantitative estimate of drug-likeness (QED) is 0.618. The van der Waals surface area contributed by atoms with Crippen LogP contribution in [0.3, 0.4) is 0 Å². The molecule has 1 rings (SSSR count). The van der Waals surface area contributed by atoms with E-state index in [0.29, 0.717) is 6.04 Å². The van der Waals surface area contributed by atoms with Gasteiger partial charge in [-0.1, -0.05) is 0 Å². The van der Waals surface area contributed by atoms with E-state index in [4.69, 9.17) is 0 Å². The van der Waals surface area contributed by atoms with Gasteiger partial charge in [0.05, 0.1) is 0 Å². The Kier molecular flexibility index (Phi) is 8.28. The first-order valence-electron chi connectivity index (χ1n) is 3.26. The Morgan fingerprint density at radius 1 is 1.55 bits per heavy atom. The van der Waals surface area contributed by atoms with Gasteiger partial charge in [0.15, 0.2) is 0 Å². The van der Waals surface area contributed by atoms with Crippen molar-refractivity contribution >= 4 is 31.2 Å². The Hall–Kier alpha value is 0.01000. The first kappa shape index (κ1) is 13.6. The lowest BCUT2D eigenvalue weighted by Crippen LogP contribution is -2.48. The average molecular weight is 201 g/mol. The smallest absolute Gasteiger partial charge is 0.210 e. The van der Waals surface area contributed by atoms with Crippen LogP contribution in [0, 0.1) is 0 Å². The molecule has 1 fully saturated rings. The van der Waals surface area contributed by atoms with Crippen molar-refractivity contribution in [2.24, 2.45) is 0 Å². The normalized spacial score (nSPS) is 23.0. The van der Waals surface area contributed by atoms with Crippen LogP contribution in [0.25, 0.3) is 0 Å². The van der Waals surface area contributed by atoms with Crippen LogP contribution in [0.5, 0.6) is 0 Å². The van der Waals surface area contributed by atoms with Gasteiger partial charge >= 0.3 is 0 Å². The molecule has 1 aliphatic rings. The fraction of sp³-hybridized carbons (Fsp3) is 0.833.